The van der Waals surface area contributed by atoms with Crippen molar-refractivity contribution in [1.29, 1.82) is 0 Å². The second-order valence-corrected chi connectivity index (χ2v) is 3.57. The Balaban J connectivity index is 2.29. The van der Waals surface area contributed by atoms with Gasteiger partial charge in [-0.1, -0.05) is 0 Å². The monoisotopic (exact) mass is 188 g/mol. The Morgan fingerprint density at radius 1 is 1.62 bits per heavy atom. The van der Waals surface area contributed by atoms with Crippen LogP contribution < -0.4 is 5.73 Å². The highest BCUT2D eigenvalue weighted by Crippen LogP contribution is 2.43. The third kappa shape index (κ3) is 1.44. The number of hydrogen-bond donors (Lipinski definition) is 1. The lowest BCUT2D eigenvalue weighted by molar-refractivity contribution is -0.00672. The highest BCUT2D eigenvalue weighted by Gasteiger charge is 2.45. The molecule has 0 aromatic carbocycles. The average Bonchev–Trinajstić information content (AvgIpc) is 2.60. The van der Waals surface area contributed by atoms with E-state index in [-0.39, 0.29) is 5.89 Å². The van der Waals surface area contributed by atoms with Crippen LogP contribution in [0.5, 0.6) is 0 Å². The van der Waals surface area contributed by atoms with Crippen LogP contribution in [0.25, 0.3) is 0 Å². The molecule has 2 rings (SSSR count). The van der Waals surface area contributed by atoms with Gasteiger partial charge in [-0.05, 0) is 12.8 Å². The summed E-state index contributed by atoms with van der Waals surface area (Å²) < 4.78 is 30.3. The first-order chi connectivity index (χ1) is 5.92. The zero-order valence-electron chi connectivity index (χ0n) is 7.18. The summed E-state index contributed by atoms with van der Waals surface area (Å²) in [6.45, 7) is 0.771. The summed E-state index contributed by atoms with van der Waals surface area (Å²) in [5.74, 6) is -3.17. The van der Waals surface area contributed by atoms with Crippen molar-refractivity contribution in [3.8, 4) is 0 Å². The third-order valence-corrected chi connectivity index (χ3v) is 2.15. The number of rotatable bonds is 2. The van der Waals surface area contributed by atoms with Crippen LogP contribution in [0.1, 0.15) is 31.4 Å². The molecule has 1 aliphatic carbocycles. The summed E-state index contributed by atoms with van der Waals surface area (Å²) in [6.07, 6.45) is 2.55. The minimum absolute atomic E-state index is 0.226. The molecule has 2 N–H and O–H groups in total. The second kappa shape index (κ2) is 2.29. The fourth-order valence-electron chi connectivity index (χ4n) is 1.06. The summed E-state index contributed by atoms with van der Waals surface area (Å²) in [5, 5.41) is 0. The van der Waals surface area contributed by atoms with E-state index in [9.17, 15) is 8.78 Å². The first kappa shape index (κ1) is 8.62. The van der Waals surface area contributed by atoms with Gasteiger partial charge in [0.25, 0.3) is 0 Å². The van der Waals surface area contributed by atoms with Crippen LogP contribution in [0.2, 0.25) is 0 Å². The van der Waals surface area contributed by atoms with Crippen LogP contribution in [0.4, 0.5) is 8.78 Å². The normalized spacial score (nSPS) is 20.3. The molecule has 0 bridgehead atoms. The zero-order chi connectivity index (χ0) is 9.69. The molecule has 0 atom stereocenters. The Hall–Kier alpha value is -0.970. The van der Waals surface area contributed by atoms with Crippen LogP contribution in [-0.2, 0) is 11.5 Å². The average molecular weight is 188 g/mol. The van der Waals surface area contributed by atoms with Gasteiger partial charge < -0.3 is 10.2 Å². The predicted octanol–water partition coefficient (Wildman–Crippen LogP) is 1.73. The Bertz CT molecular complexity index is 305. The molecule has 13 heavy (non-hydrogen) atoms. The van der Waals surface area contributed by atoms with Gasteiger partial charge in [0.2, 0.25) is 5.89 Å². The number of nitrogens with zero attached hydrogens (tertiary/aromatic N) is 1. The molecule has 0 aliphatic heterocycles. The van der Waals surface area contributed by atoms with Crippen molar-refractivity contribution in [1.82, 2.24) is 4.98 Å². The van der Waals surface area contributed by atoms with Gasteiger partial charge in [-0.25, -0.2) is 4.98 Å². The Labute approximate surface area is 73.9 Å². The number of alkyl halides is 2. The lowest BCUT2D eigenvalue weighted by Crippen LogP contribution is -2.18. The summed E-state index contributed by atoms with van der Waals surface area (Å²) in [6, 6.07) is 0. The molecule has 0 radical (unpaired) electrons. The summed E-state index contributed by atoms with van der Waals surface area (Å²) >= 11 is 0. The molecule has 5 heteroatoms. The van der Waals surface area contributed by atoms with Gasteiger partial charge in [-0.15, -0.1) is 0 Å². The molecule has 0 spiro atoms. The van der Waals surface area contributed by atoms with Crippen molar-refractivity contribution < 1.29 is 13.2 Å². The quantitative estimate of drug-likeness (QED) is 0.768. The van der Waals surface area contributed by atoms with Gasteiger partial charge in [0.1, 0.15) is 0 Å². The zero-order valence-corrected chi connectivity index (χ0v) is 7.18. The van der Waals surface area contributed by atoms with E-state index in [1.54, 1.807) is 0 Å². The molecule has 1 aliphatic rings. The van der Waals surface area contributed by atoms with Crippen molar-refractivity contribution in [2.75, 3.05) is 0 Å². The van der Waals surface area contributed by atoms with Gasteiger partial charge >= 0.3 is 5.92 Å². The lowest BCUT2D eigenvalue weighted by Gasteiger charge is -2.05. The topological polar surface area (TPSA) is 52.0 Å². The predicted molar refractivity (Wildman–Crippen MR) is 41.2 cm³/mol. The molecule has 1 heterocycles. The maximum Gasteiger partial charge on any atom is 0.303 e. The number of halogens is 2. The largest absolute Gasteiger partial charge is 0.437 e. The summed E-state index contributed by atoms with van der Waals surface area (Å²) in [5.41, 5.74) is 5.14. The van der Waals surface area contributed by atoms with E-state index >= 15 is 0 Å². The molecule has 1 saturated carbocycles. The van der Waals surface area contributed by atoms with Crippen LogP contribution in [0.3, 0.4) is 0 Å². The van der Waals surface area contributed by atoms with Gasteiger partial charge in [-0.3, -0.25) is 0 Å². The van der Waals surface area contributed by atoms with E-state index in [0.717, 1.165) is 26.0 Å². The van der Waals surface area contributed by atoms with Crippen LogP contribution in [0.15, 0.2) is 10.6 Å². The Morgan fingerprint density at radius 2 is 2.23 bits per heavy atom. The van der Waals surface area contributed by atoms with E-state index in [1.807, 2.05) is 0 Å². The van der Waals surface area contributed by atoms with E-state index in [1.165, 1.54) is 0 Å². The maximum atomic E-state index is 12.7. The molecular formula is C8H10F2N2O. The highest BCUT2D eigenvalue weighted by atomic mass is 19.3. The minimum atomic E-state index is -2.98. The van der Waals surface area contributed by atoms with Crippen molar-refractivity contribution in [3.63, 3.8) is 0 Å². The molecule has 1 aromatic rings. The van der Waals surface area contributed by atoms with Gasteiger partial charge in [-0.2, -0.15) is 8.78 Å². The smallest absolute Gasteiger partial charge is 0.303 e. The fraction of sp³-hybridized carbons (Fsp3) is 0.625. The van der Waals surface area contributed by atoms with Crippen molar-refractivity contribution in [2.45, 2.75) is 31.2 Å². The van der Waals surface area contributed by atoms with Gasteiger partial charge in [0.15, 0.2) is 5.76 Å². The van der Waals surface area contributed by atoms with E-state index in [2.05, 4.69) is 4.98 Å². The van der Waals surface area contributed by atoms with E-state index in [4.69, 9.17) is 10.2 Å². The van der Waals surface area contributed by atoms with Crippen LogP contribution in [-0.4, -0.2) is 4.98 Å². The lowest BCUT2D eigenvalue weighted by atomic mass is 10.3. The van der Waals surface area contributed by atoms with Crippen LogP contribution >= 0.6 is 0 Å². The van der Waals surface area contributed by atoms with Crippen molar-refractivity contribution >= 4 is 0 Å². The minimum Gasteiger partial charge on any atom is -0.437 e. The first-order valence-electron chi connectivity index (χ1n) is 4.05. The molecule has 3 nitrogen and oxygen atoms in total. The molecule has 1 fully saturated rings. The molecule has 1 aromatic heterocycles. The molecule has 0 amide bonds. The third-order valence-electron chi connectivity index (χ3n) is 2.15. The first-order valence-corrected chi connectivity index (χ1v) is 4.05. The SMILES string of the molecule is CC(F)(F)c1cnc(C2(N)CC2)o1. The van der Waals surface area contributed by atoms with Gasteiger partial charge in [0.05, 0.1) is 11.7 Å². The van der Waals surface area contributed by atoms with Gasteiger partial charge in [0, 0.05) is 6.92 Å². The maximum absolute atomic E-state index is 12.7. The molecule has 0 saturated heterocycles. The number of hydrogen-bond acceptors (Lipinski definition) is 3. The van der Waals surface area contributed by atoms with E-state index < -0.39 is 17.2 Å². The van der Waals surface area contributed by atoms with E-state index in [0.29, 0.717) is 0 Å². The molecule has 72 valence electrons. The fourth-order valence-corrected chi connectivity index (χ4v) is 1.06. The second-order valence-electron chi connectivity index (χ2n) is 3.57. The number of oxazole rings is 1. The highest BCUT2D eigenvalue weighted by molar-refractivity contribution is 5.14. The van der Waals surface area contributed by atoms with Crippen molar-refractivity contribution in [2.24, 2.45) is 5.73 Å². The standard InChI is InChI=1S/C8H10F2N2O/c1-7(9,10)5-4-12-6(13-5)8(11)2-3-8/h4H,2-3,11H2,1H3. The molecule has 0 unspecified atom stereocenters. The summed E-state index contributed by atoms with van der Waals surface area (Å²) in [7, 11) is 0. The molecular weight excluding hydrogens is 178 g/mol. The van der Waals surface area contributed by atoms with Crippen molar-refractivity contribution in [3.05, 3.63) is 17.8 Å². The number of aromatic nitrogens is 1. The Kier molecular flexibility index (Phi) is 1.52. The number of nitrogens with two attached hydrogens (primary N) is 1. The Morgan fingerprint density at radius 3 is 2.62 bits per heavy atom. The summed E-state index contributed by atoms with van der Waals surface area (Å²) in [4.78, 5) is 3.74. The van der Waals surface area contributed by atoms with Crippen LogP contribution in [0, 0.1) is 0 Å².